The maximum Gasteiger partial charge on any atom is 0.150 e. The molecule has 1 fully saturated rings. The van der Waals surface area contributed by atoms with Crippen molar-refractivity contribution >= 4 is 9.84 Å². The monoisotopic (exact) mass is 319 g/mol. The van der Waals surface area contributed by atoms with E-state index in [2.05, 4.69) is 13.8 Å². The summed E-state index contributed by atoms with van der Waals surface area (Å²) in [6.07, 6.45) is 5.56. The molecule has 0 aromatic heterocycles. The Labute approximate surface area is 130 Å². The van der Waals surface area contributed by atoms with Gasteiger partial charge in [0.25, 0.3) is 0 Å². The van der Waals surface area contributed by atoms with Crippen LogP contribution in [0.25, 0.3) is 0 Å². The molecule has 1 unspecified atom stereocenters. The number of rotatable bonds is 8. The molecule has 21 heavy (non-hydrogen) atoms. The number of hydrogen-bond acceptors (Lipinski definition) is 4. The molecular weight excluding hydrogens is 286 g/mol. The van der Waals surface area contributed by atoms with Crippen LogP contribution in [0.3, 0.4) is 0 Å². The molecule has 126 valence electrons. The second kappa shape index (κ2) is 7.42. The lowest BCUT2D eigenvalue weighted by Crippen LogP contribution is -2.53. The van der Waals surface area contributed by atoms with Gasteiger partial charge in [0.1, 0.15) is 9.84 Å². The molecule has 5 heteroatoms. The lowest BCUT2D eigenvalue weighted by atomic mass is 9.68. The van der Waals surface area contributed by atoms with Gasteiger partial charge in [-0.2, -0.15) is 0 Å². The van der Waals surface area contributed by atoms with Crippen LogP contribution in [-0.4, -0.2) is 38.2 Å². The Kier molecular flexibility index (Phi) is 6.69. The first kappa shape index (κ1) is 18.9. The van der Waals surface area contributed by atoms with E-state index in [9.17, 15) is 8.42 Å². The first-order chi connectivity index (χ1) is 9.66. The van der Waals surface area contributed by atoms with Gasteiger partial charge in [0.15, 0.2) is 0 Å². The first-order valence-electron chi connectivity index (χ1n) is 8.26. The van der Waals surface area contributed by atoms with E-state index in [-0.39, 0.29) is 23.1 Å². The Hall–Kier alpha value is -0.130. The number of hydrogen-bond donors (Lipinski definition) is 1. The van der Waals surface area contributed by atoms with Gasteiger partial charge in [0.05, 0.1) is 11.4 Å². The smallest absolute Gasteiger partial charge is 0.150 e. The first-order valence-corrected chi connectivity index (χ1v) is 10.1. The fourth-order valence-electron chi connectivity index (χ4n) is 3.19. The van der Waals surface area contributed by atoms with Gasteiger partial charge in [-0.15, -0.1) is 0 Å². The van der Waals surface area contributed by atoms with Crippen molar-refractivity contribution in [2.45, 2.75) is 77.9 Å². The van der Waals surface area contributed by atoms with Gasteiger partial charge < -0.3 is 10.5 Å². The summed E-state index contributed by atoms with van der Waals surface area (Å²) < 4.78 is 29.2. The molecule has 0 aromatic rings. The van der Waals surface area contributed by atoms with Crippen LogP contribution in [0.1, 0.15) is 66.2 Å². The third-order valence-corrected chi connectivity index (χ3v) is 6.76. The third-order valence-electron chi connectivity index (χ3n) is 4.97. The molecule has 0 aromatic carbocycles. The summed E-state index contributed by atoms with van der Waals surface area (Å²) >= 11 is 0. The zero-order valence-electron chi connectivity index (χ0n) is 14.2. The topological polar surface area (TPSA) is 69.4 Å². The predicted octanol–water partition coefficient (Wildman–Crippen LogP) is 2.90. The van der Waals surface area contributed by atoms with E-state index >= 15 is 0 Å². The van der Waals surface area contributed by atoms with Gasteiger partial charge in [-0.25, -0.2) is 8.42 Å². The molecule has 1 rings (SSSR count). The molecule has 0 aliphatic heterocycles. The van der Waals surface area contributed by atoms with Gasteiger partial charge in [-0.1, -0.05) is 20.8 Å². The second-order valence-electron chi connectivity index (χ2n) is 7.15. The van der Waals surface area contributed by atoms with Crippen molar-refractivity contribution in [1.82, 2.24) is 0 Å². The van der Waals surface area contributed by atoms with Crippen molar-refractivity contribution in [3.05, 3.63) is 0 Å². The van der Waals surface area contributed by atoms with Gasteiger partial charge in [-0.05, 0) is 50.9 Å². The van der Waals surface area contributed by atoms with E-state index in [0.29, 0.717) is 18.4 Å². The van der Waals surface area contributed by atoms with Crippen molar-refractivity contribution in [2.24, 2.45) is 11.1 Å². The van der Waals surface area contributed by atoms with Crippen LogP contribution < -0.4 is 5.73 Å². The maximum absolute atomic E-state index is 11.6. The van der Waals surface area contributed by atoms with Crippen LogP contribution in [0.4, 0.5) is 0 Å². The minimum absolute atomic E-state index is 0.0689. The van der Waals surface area contributed by atoms with E-state index in [1.54, 1.807) is 6.92 Å². The van der Waals surface area contributed by atoms with Crippen LogP contribution in [0, 0.1) is 5.41 Å². The van der Waals surface area contributed by atoms with Gasteiger partial charge in [0, 0.05) is 18.4 Å². The molecule has 1 aliphatic carbocycles. The van der Waals surface area contributed by atoms with E-state index in [4.69, 9.17) is 10.5 Å². The maximum atomic E-state index is 11.6. The summed E-state index contributed by atoms with van der Waals surface area (Å²) in [5, 5.41) is 0. The van der Waals surface area contributed by atoms with Crippen LogP contribution in [0.5, 0.6) is 0 Å². The molecule has 0 spiro atoms. The molecule has 1 atom stereocenters. The predicted molar refractivity (Wildman–Crippen MR) is 88.1 cm³/mol. The Morgan fingerprint density at radius 2 is 1.71 bits per heavy atom. The molecule has 1 aliphatic rings. The molecule has 2 N–H and O–H groups in total. The fourth-order valence-corrected chi connectivity index (χ4v) is 4.09. The van der Waals surface area contributed by atoms with Crippen LogP contribution >= 0.6 is 0 Å². The quantitative estimate of drug-likeness (QED) is 0.747. The molecule has 0 heterocycles. The van der Waals surface area contributed by atoms with Crippen molar-refractivity contribution in [2.75, 3.05) is 18.1 Å². The minimum Gasteiger partial charge on any atom is -0.374 e. The summed E-state index contributed by atoms with van der Waals surface area (Å²) in [5.41, 5.74) is 6.53. The van der Waals surface area contributed by atoms with Gasteiger partial charge in [-0.3, -0.25) is 0 Å². The molecular formula is C16H33NO3S. The average molecular weight is 320 g/mol. The Morgan fingerprint density at radius 1 is 1.14 bits per heavy atom. The van der Waals surface area contributed by atoms with E-state index in [0.717, 1.165) is 32.1 Å². The summed E-state index contributed by atoms with van der Waals surface area (Å²) in [6, 6.07) is -0.0689. The highest BCUT2D eigenvalue weighted by Crippen LogP contribution is 2.43. The Morgan fingerprint density at radius 3 is 2.19 bits per heavy atom. The molecule has 4 nitrogen and oxygen atoms in total. The van der Waals surface area contributed by atoms with Crippen LogP contribution in [0.2, 0.25) is 0 Å². The molecule has 1 saturated carbocycles. The SMILES string of the molecule is CCOC1(C(N)CCCS(=O)(=O)CC)CCC(C)(C)CC1. The molecule has 0 radical (unpaired) electrons. The van der Waals surface area contributed by atoms with Crippen molar-refractivity contribution in [3.63, 3.8) is 0 Å². The summed E-state index contributed by atoms with van der Waals surface area (Å²) in [5.74, 6) is 0.456. The van der Waals surface area contributed by atoms with Gasteiger partial charge >= 0.3 is 0 Å². The normalized spacial score (nSPS) is 22.9. The molecule has 0 bridgehead atoms. The highest BCUT2D eigenvalue weighted by molar-refractivity contribution is 7.91. The lowest BCUT2D eigenvalue weighted by molar-refractivity contribution is -0.100. The zero-order chi connectivity index (χ0) is 16.1. The second-order valence-corrected chi connectivity index (χ2v) is 9.62. The Bertz CT molecular complexity index is 407. The zero-order valence-corrected chi connectivity index (χ0v) is 15.0. The van der Waals surface area contributed by atoms with Gasteiger partial charge in [0.2, 0.25) is 0 Å². The largest absolute Gasteiger partial charge is 0.374 e. The standard InChI is InChI=1S/C16H33NO3S/c1-5-20-16(11-9-15(3,4)10-12-16)14(17)8-7-13-21(18,19)6-2/h14H,5-13,17H2,1-4H3. The third kappa shape index (κ3) is 5.53. The summed E-state index contributed by atoms with van der Waals surface area (Å²) in [4.78, 5) is 0. The average Bonchev–Trinajstić information content (AvgIpc) is 2.41. The molecule has 0 saturated heterocycles. The summed E-state index contributed by atoms with van der Waals surface area (Å²) in [6.45, 7) is 8.96. The van der Waals surface area contributed by atoms with E-state index < -0.39 is 9.84 Å². The van der Waals surface area contributed by atoms with Crippen molar-refractivity contribution in [3.8, 4) is 0 Å². The van der Waals surface area contributed by atoms with E-state index in [1.165, 1.54) is 0 Å². The number of sulfone groups is 1. The molecule has 0 amide bonds. The van der Waals surface area contributed by atoms with E-state index in [1.807, 2.05) is 6.92 Å². The Balaban J connectivity index is 2.60. The highest BCUT2D eigenvalue weighted by atomic mass is 32.2. The van der Waals surface area contributed by atoms with Crippen molar-refractivity contribution in [1.29, 1.82) is 0 Å². The number of ether oxygens (including phenoxy) is 1. The minimum atomic E-state index is -2.89. The number of nitrogens with two attached hydrogens (primary N) is 1. The van der Waals surface area contributed by atoms with Crippen molar-refractivity contribution < 1.29 is 13.2 Å². The fraction of sp³-hybridized carbons (Fsp3) is 1.00. The highest BCUT2D eigenvalue weighted by Gasteiger charge is 2.43. The van der Waals surface area contributed by atoms with Crippen LogP contribution in [-0.2, 0) is 14.6 Å². The summed E-state index contributed by atoms with van der Waals surface area (Å²) in [7, 11) is -2.89. The van der Waals surface area contributed by atoms with Crippen LogP contribution in [0.15, 0.2) is 0 Å². The lowest BCUT2D eigenvalue weighted by Gasteiger charge is -2.46.